The molecule has 0 radical (unpaired) electrons. The summed E-state index contributed by atoms with van der Waals surface area (Å²) >= 11 is 0. The molecule has 2 N–H and O–H groups in total. The Morgan fingerprint density at radius 3 is 2.58 bits per heavy atom. The van der Waals surface area contributed by atoms with Gasteiger partial charge in [0.15, 0.2) is 0 Å². The molecule has 8 heteroatoms. The van der Waals surface area contributed by atoms with Crippen molar-refractivity contribution in [2.24, 2.45) is 7.05 Å². The normalized spacial score (nSPS) is 14.0. The number of amides is 2. The number of imide groups is 1. The molecule has 1 aromatic carbocycles. The molecular formula is C18H20N4O4. The lowest BCUT2D eigenvalue weighted by atomic mass is 10.2. The Morgan fingerprint density at radius 2 is 1.96 bits per heavy atom. The molecule has 0 unspecified atom stereocenters. The zero-order chi connectivity index (χ0) is 18.7. The molecule has 0 atom stereocenters. The summed E-state index contributed by atoms with van der Waals surface area (Å²) in [6.45, 7) is 2.07. The first-order valence-corrected chi connectivity index (χ1v) is 8.15. The Morgan fingerprint density at radius 1 is 1.23 bits per heavy atom. The number of carbonyl (C=O) groups excluding carboxylic acids is 2. The number of nitrogens with one attached hydrogen (secondary N) is 1. The minimum atomic E-state index is -0.448. The number of nitrogens with zero attached hydrogens (tertiary/aromatic N) is 3. The van der Waals surface area contributed by atoms with Gasteiger partial charge in [-0.1, -0.05) is 0 Å². The van der Waals surface area contributed by atoms with Gasteiger partial charge >= 0.3 is 0 Å². The van der Waals surface area contributed by atoms with Gasteiger partial charge < -0.3 is 15.2 Å². The number of benzene rings is 1. The van der Waals surface area contributed by atoms with Gasteiger partial charge in [-0.15, -0.1) is 0 Å². The average Bonchev–Trinajstić information content (AvgIpc) is 3.07. The number of aliphatic hydroxyl groups excluding tert-OH is 1. The molecule has 2 amide bonds. The van der Waals surface area contributed by atoms with E-state index in [-0.39, 0.29) is 18.8 Å². The van der Waals surface area contributed by atoms with Crippen LogP contribution in [0.4, 0.5) is 5.69 Å². The number of carbonyl (C=O) groups is 2. The summed E-state index contributed by atoms with van der Waals surface area (Å²) in [5.41, 5.74) is 2.78. The van der Waals surface area contributed by atoms with Gasteiger partial charge in [0.25, 0.3) is 11.8 Å². The second-order valence-electron chi connectivity index (χ2n) is 5.93. The summed E-state index contributed by atoms with van der Waals surface area (Å²) in [7, 11) is 1.86. The van der Waals surface area contributed by atoms with Crippen molar-refractivity contribution in [2.45, 2.75) is 13.5 Å². The van der Waals surface area contributed by atoms with Crippen LogP contribution in [0.2, 0.25) is 0 Å². The quantitative estimate of drug-likeness (QED) is 0.718. The average molecular weight is 356 g/mol. The summed E-state index contributed by atoms with van der Waals surface area (Å²) in [4.78, 5) is 24.8. The van der Waals surface area contributed by atoms with E-state index in [4.69, 9.17) is 9.84 Å². The van der Waals surface area contributed by atoms with E-state index in [1.54, 1.807) is 28.9 Å². The third-order valence-corrected chi connectivity index (χ3v) is 3.98. The topological polar surface area (TPSA) is 96.7 Å². The summed E-state index contributed by atoms with van der Waals surface area (Å²) in [5, 5.41) is 16.1. The summed E-state index contributed by atoms with van der Waals surface area (Å²) in [5.74, 6) is -0.196. The second-order valence-corrected chi connectivity index (χ2v) is 5.93. The third-order valence-electron chi connectivity index (χ3n) is 3.98. The maximum absolute atomic E-state index is 12.1. The maximum Gasteiger partial charge on any atom is 0.277 e. The Hall–Kier alpha value is -3.13. The fourth-order valence-electron chi connectivity index (χ4n) is 2.65. The molecule has 0 spiro atoms. The molecule has 0 aliphatic carbocycles. The van der Waals surface area contributed by atoms with Gasteiger partial charge in [0, 0.05) is 30.6 Å². The van der Waals surface area contributed by atoms with Crippen LogP contribution in [0.3, 0.4) is 0 Å². The van der Waals surface area contributed by atoms with E-state index in [9.17, 15) is 9.59 Å². The first-order valence-electron chi connectivity index (χ1n) is 8.15. The second kappa shape index (κ2) is 7.40. The standard InChI is InChI=1S/C18H20N4O4/c1-12-13(10-21(2)20-12)11-26-15-5-3-14(4-6-15)19-16-9-17(24)22(7-8-23)18(16)25/h3-6,9-10,19,23H,7-8,11H2,1-2H3. The predicted molar refractivity (Wildman–Crippen MR) is 94.2 cm³/mol. The number of aliphatic hydroxyl groups is 1. The van der Waals surface area contributed by atoms with Crippen LogP contribution in [0.5, 0.6) is 5.75 Å². The highest BCUT2D eigenvalue weighted by molar-refractivity contribution is 6.17. The molecule has 1 aliphatic heterocycles. The lowest BCUT2D eigenvalue weighted by Gasteiger charge is -2.13. The molecule has 1 aliphatic rings. The van der Waals surface area contributed by atoms with E-state index in [1.165, 1.54) is 6.08 Å². The van der Waals surface area contributed by atoms with Crippen LogP contribution in [-0.4, -0.2) is 44.8 Å². The number of anilines is 1. The molecule has 1 aromatic heterocycles. The van der Waals surface area contributed by atoms with Crippen molar-refractivity contribution in [3.05, 3.63) is 53.5 Å². The molecule has 26 heavy (non-hydrogen) atoms. The number of hydrogen-bond acceptors (Lipinski definition) is 6. The lowest BCUT2D eigenvalue weighted by molar-refractivity contribution is -0.137. The van der Waals surface area contributed by atoms with Gasteiger partial charge in [0.1, 0.15) is 18.1 Å². The fourth-order valence-corrected chi connectivity index (χ4v) is 2.65. The third kappa shape index (κ3) is 3.75. The van der Waals surface area contributed by atoms with Crippen molar-refractivity contribution < 1.29 is 19.4 Å². The van der Waals surface area contributed by atoms with Gasteiger partial charge in [0.05, 0.1) is 18.8 Å². The monoisotopic (exact) mass is 356 g/mol. The van der Waals surface area contributed by atoms with Crippen LogP contribution in [0, 0.1) is 6.92 Å². The van der Waals surface area contributed by atoms with Crippen molar-refractivity contribution in [1.82, 2.24) is 14.7 Å². The van der Waals surface area contributed by atoms with E-state index in [1.807, 2.05) is 20.2 Å². The number of hydrogen-bond donors (Lipinski definition) is 2. The number of aryl methyl sites for hydroxylation is 2. The highest BCUT2D eigenvalue weighted by Gasteiger charge is 2.30. The van der Waals surface area contributed by atoms with E-state index in [0.717, 1.165) is 16.2 Å². The molecular weight excluding hydrogens is 336 g/mol. The molecule has 2 aromatic rings. The van der Waals surface area contributed by atoms with Crippen molar-refractivity contribution in [1.29, 1.82) is 0 Å². The minimum absolute atomic E-state index is 0.0140. The SMILES string of the molecule is Cc1nn(C)cc1COc1ccc(NC2=CC(=O)N(CCO)C2=O)cc1. The Labute approximate surface area is 150 Å². The van der Waals surface area contributed by atoms with Crippen LogP contribution < -0.4 is 10.1 Å². The van der Waals surface area contributed by atoms with Crippen LogP contribution in [0.15, 0.2) is 42.2 Å². The highest BCUT2D eigenvalue weighted by atomic mass is 16.5. The van der Waals surface area contributed by atoms with Crippen molar-refractivity contribution in [3.8, 4) is 5.75 Å². The lowest BCUT2D eigenvalue weighted by Crippen LogP contribution is -2.34. The zero-order valence-electron chi connectivity index (χ0n) is 14.6. The van der Waals surface area contributed by atoms with E-state index < -0.39 is 11.8 Å². The van der Waals surface area contributed by atoms with Crippen LogP contribution in [0.1, 0.15) is 11.3 Å². The van der Waals surface area contributed by atoms with Gasteiger partial charge in [-0.05, 0) is 31.2 Å². The number of rotatable bonds is 7. The maximum atomic E-state index is 12.1. The zero-order valence-corrected chi connectivity index (χ0v) is 14.6. The predicted octanol–water partition coefficient (Wildman–Crippen LogP) is 0.964. The van der Waals surface area contributed by atoms with Crippen LogP contribution in [-0.2, 0) is 23.2 Å². The summed E-state index contributed by atoms with van der Waals surface area (Å²) < 4.78 is 7.49. The van der Waals surface area contributed by atoms with Crippen molar-refractivity contribution >= 4 is 17.5 Å². The first kappa shape index (κ1) is 17.7. The Balaban J connectivity index is 1.60. The smallest absolute Gasteiger partial charge is 0.277 e. The van der Waals surface area contributed by atoms with Gasteiger partial charge in [0.2, 0.25) is 0 Å². The number of β-amino-alcohol motifs (C(OH)–C–C–N with tert-alkyl or cyclic N) is 1. The molecule has 136 valence electrons. The van der Waals surface area contributed by atoms with Gasteiger partial charge in [-0.25, -0.2) is 0 Å². The minimum Gasteiger partial charge on any atom is -0.489 e. The van der Waals surface area contributed by atoms with E-state index in [2.05, 4.69) is 10.4 Å². The molecule has 0 bridgehead atoms. The molecule has 0 saturated heterocycles. The van der Waals surface area contributed by atoms with Crippen molar-refractivity contribution in [2.75, 3.05) is 18.5 Å². The van der Waals surface area contributed by atoms with E-state index in [0.29, 0.717) is 18.0 Å². The molecule has 3 rings (SSSR count). The fraction of sp³-hybridized carbons (Fsp3) is 0.278. The molecule has 8 nitrogen and oxygen atoms in total. The van der Waals surface area contributed by atoms with Gasteiger partial charge in [-0.2, -0.15) is 5.10 Å². The largest absolute Gasteiger partial charge is 0.489 e. The number of aromatic nitrogens is 2. The van der Waals surface area contributed by atoms with Crippen LogP contribution >= 0.6 is 0 Å². The van der Waals surface area contributed by atoms with Crippen LogP contribution in [0.25, 0.3) is 0 Å². The summed E-state index contributed by atoms with van der Waals surface area (Å²) in [6, 6.07) is 7.08. The summed E-state index contributed by atoms with van der Waals surface area (Å²) in [6.07, 6.45) is 3.15. The molecule has 0 fully saturated rings. The highest BCUT2D eigenvalue weighted by Crippen LogP contribution is 2.21. The Kier molecular flexibility index (Phi) is 5.04. The molecule has 2 heterocycles. The van der Waals surface area contributed by atoms with Gasteiger partial charge in [-0.3, -0.25) is 19.2 Å². The van der Waals surface area contributed by atoms with Crippen molar-refractivity contribution in [3.63, 3.8) is 0 Å². The Bertz CT molecular complexity index is 855. The molecule has 0 saturated carbocycles. The number of ether oxygens (including phenoxy) is 1. The van der Waals surface area contributed by atoms with E-state index >= 15 is 0 Å². The first-order chi connectivity index (χ1) is 12.5.